The molecule has 3 amide bonds. The zero-order valence-corrected chi connectivity index (χ0v) is 14.0. The van der Waals surface area contributed by atoms with Gasteiger partial charge in [0.2, 0.25) is 11.8 Å². The summed E-state index contributed by atoms with van der Waals surface area (Å²) in [5.41, 5.74) is 0. The molecule has 1 rings (SSSR count). The van der Waals surface area contributed by atoms with E-state index in [1.165, 1.54) is 0 Å². The van der Waals surface area contributed by atoms with Gasteiger partial charge in [-0.2, -0.15) is 0 Å². The zero-order valence-electron chi connectivity index (χ0n) is 14.0. The molecule has 0 aromatic carbocycles. The van der Waals surface area contributed by atoms with E-state index in [9.17, 15) is 19.2 Å². The van der Waals surface area contributed by atoms with Gasteiger partial charge in [-0.05, 0) is 12.0 Å². The number of esters is 1. The third kappa shape index (κ3) is 6.27. The topological polar surface area (TPSA) is 123 Å². The first-order valence-corrected chi connectivity index (χ1v) is 7.58. The summed E-state index contributed by atoms with van der Waals surface area (Å²) in [5, 5.41) is 7.45. The SMILES string of the molecule is COC(=O)[C@@H]1CC(=O)NC/C=C/COC(=O)N[C@@H](C(C)C)C(=O)N1. The van der Waals surface area contributed by atoms with Gasteiger partial charge in [-0.3, -0.25) is 9.59 Å². The molecule has 1 aliphatic rings. The van der Waals surface area contributed by atoms with E-state index < -0.39 is 36.0 Å². The van der Waals surface area contributed by atoms with Crippen molar-refractivity contribution in [1.82, 2.24) is 16.0 Å². The second-order valence-electron chi connectivity index (χ2n) is 5.53. The van der Waals surface area contributed by atoms with Gasteiger partial charge in [-0.1, -0.05) is 19.9 Å². The molecule has 0 radical (unpaired) electrons. The Morgan fingerprint density at radius 2 is 1.96 bits per heavy atom. The maximum absolute atomic E-state index is 12.4. The van der Waals surface area contributed by atoms with Gasteiger partial charge in [0.05, 0.1) is 13.5 Å². The first-order valence-electron chi connectivity index (χ1n) is 7.58. The van der Waals surface area contributed by atoms with E-state index in [4.69, 9.17) is 4.74 Å². The highest BCUT2D eigenvalue weighted by atomic mass is 16.5. The van der Waals surface area contributed by atoms with Gasteiger partial charge in [0.1, 0.15) is 18.7 Å². The molecule has 1 aliphatic heterocycles. The fourth-order valence-electron chi connectivity index (χ4n) is 2.01. The van der Waals surface area contributed by atoms with E-state index in [1.54, 1.807) is 26.0 Å². The van der Waals surface area contributed by atoms with Crippen molar-refractivity contribution in [1.29, 1.82) is 0 Å². The third-order valence-corrected chi connectivity index (χ3v) is 3.31. The number of nitrogens with one attached hydrogen (secondary N) is 3. The fraction of sp³-hybridized carbons (Fsp3) is 0.600. The van der Waals surface area contributed by atoms with Crippen molar-refractivity contribution in [2.45, 2.75) is 32.4 Å². The Morgan fingerprint density at radius 3 is 2.58 bits per heavy atom. The van der Waals surface area contributed by atoms with Gasteiger partial charge < -0.3 is 25.4 Å². The molecule has 134 valence electrons. The summed E-state index contributed by atoms with van der Waals surface area (Å²) >= 11 is 0. The number of hydrogen-bond donors (Lipinski definition) is 3. The van der Waals surface area contributed by atoms with Crippen molar-refractivity contribution in [2.24, 2.45) is 5.92 Å². The minimum absolute atomic E-state index is 0.0128. The van der Waals surface area contributed by atoms with Gasteiger partial charge >= 0.3 is 12.1 Å². The Balaban J connectivity index is 2.98. The van der Waals surface area contributed by atoms with Crippen molar-refractivity contribution in [3.05, 3.63) is 12.2 Å². The molecule has 9 heteroatoms. The number of rotatable bonds is 2. The van der Waals surface area contributed by atoms with Crippen molar-refractivity contribution in [3.63, 3.8) is 0 Å². The molecule has 1 heterocycles. The lowest BCUT2D eigenvalue weighted by Crippen LogP contribution is -2.54. The molecule has 9 nitrogen and oxygen atoms in total. The van der Waals surface area contributed by atoms with E-state index in [0.29, 0.717) is 0 Å². The van der Waals surface area contributed by atoms with Crippen LogP contribution in [0.1, 0.15) is 20.3 Å². The monoisotopic (exact) mass is 341 g/mol. The molecular formula is C15H23N3O6. The molecule has 0 aliphatic carbocycles. The van der Waals surface area contributed by atoms with Gasteiger partial charge in [-0.25, -0.2) is 9.59 Å². The Bertz CT molecular complexity index is 517. The summed E-state index contributed by atoms with van der Waals surface area (Å²) in [5.74, 6) is -2.02. The summed E-state index contributed by atoms with van der Waals surface area (Å²) < 4.78 is 9.53. The summed E-state index contributed by atoms with van der Waals surface area (Å²) in [6.45, 7) is 3.68. The average molecular weight is 341 g/mol. The van der Waals surface area contributed by atoms with Gasteiger partial charge in [0.25, 0.3) is 0 Å². The third-order valence-electron chi connectivity index (χ3n) is 3.31. The molecule has 0 saturated heterocycles. The van der Waals surface area contributed by atoms with Crippen molar-refractivity contribution in [3.8, 4) is 0 Å². The quantitative estimate of drug-likeness (QED) is 0.458. The highest BCUT2D eigenvalue weighted by Gasteiger charge is 2.30. The molecule has 24 heavy (non-hydrogen) atoms. The average Bonchev–Trinajstić information content (AvgIpc) is 2.53. The van der Waals surface area contributed by atoms with Crippen LogP contribution in [0.25, 0.3) is 0 Å². The molecule has 0 aromatic heterocycles. The molecular weight excluding hydrogens is 318 g/mol. The van der Waals surface area contributed by atoms with Crippen LogP contribution in [-0.4, -0.2) is 56.2 Å². The van der Waals surface area contributed by atoms with Gasteiger partial charge in [-0.15, -0.1) is 0 Å². The fourth-order valence-corrected chi connectivity index (χ4v) is 2.01. The number of hydrogen-bond acceptors (Lipinski definition) is 6. The zero-order chi connectivity index (χ0) is 18.1. The molecule has 0 fully saturated rings. The molecule has 0 aromatic rings. The maximum Gasteiger partial charge on any atom is 0.408 e. The Kier molecular flexibility index (Phi) is 7.73. The van der Waals surface area contributed by atoms with Crippen LogP contribution >= 0.6 is 0 Å². The number of carbonyl (C=O) groups is 4. The first-order chi connectivity index (χ1) is 11.3. The predicted molar refractivity (Wildman–Crippen MR) is 83.8 cm³/mol. The van der Waals surface area contributed by atoms with Crippen molar-refractivity contribution < 1.29 is 28.7 Å². The van der Waals surface area contributed by atoms with E-state index in [2.05, 4.69) is 20.7 Å². The summed E-state index contributed by atoms with van der Waals surface area (Å²) in [7, 11) is 1.16. The van der Waals surface area contributed by atoms with Crippen LogP contribution in [0, 0.1) is 5.92 Å². The number of ether oxygens (including phenoxy) is 2. The van der Waals surface area contributed by atoms with Crippen LogP contribution in [0.15, 0.2) is 12.2 Å². The summed E-state index contributed by atoms with van der Waals surface area (Å²) in [4.78, 5) is 47.8. The Hall–Kier alpha value is -2.58. The van der Waals surface area contributed by atoms with Crippen LogP contribution in [-0.2, 0) is 23.9 Å². The predicted octanol–water partition coefficient (Wildman–Crippen LogP) is -0.529. The molecule has 2 atom stereocenters. The second-order valence-corrected chi connectivity index (χ2v) is 5.53. The number of alkyl carbamates (subject to hydrolysis) is 1. The van der Waals surface area contributed by atoms with Crippen molar-refractivity contribution >= 4 is 23.9 Å². The molecule has 0 saturated carbocycles. The Morgan fingerprint density at radius 1 is 1.25 bits per heavy atom. The van der Waals surface area contributed by atoms with Gasteiger partial charge in [0.15, 0.2) is 0 Å². The largest absolute Gasteiger partial charge is 0.467 e. The van der Waals surface area contributed by atoms with E-state index in [1.807, 2.05) is 0 Å². The number of cyclic esters (lactones) is 1. The molecule has 0 bridgehead atoms. The van der Waals surface area contributed by atoms with Crippen LogP contribution in [0.2, 0.25) is 0 Å². The molecule has 0 unspecified atom stereocenters. The highest BCUT2D eigenvalue weighted by Crippen LogP contribution is 2.05. The number of carbonyl (C=O) groups excluding carboxylic acids is 4. The second kappa shape index (κ2) is 9.53. The lowest BCUT2D eigenvalue weighted by molar-refractivity contribution is -0.147. The number of methoxy groups -OCH3 is 1. The molecule has 0 spiro atoms. The van der Waals surface area contributed by atoms with Crippen LogP contribution < -0.4 is 16.0 Å². The standard InChI is InChI=1S/C15H23N3O6/c1-9(2)12-13(20)17-10(14(21)23-3)8-11(19)16-6-4-5-7-24-15(22)18-12/h4-5,9-10,12H,6-8H2,1-3H3,(H,16,19)(H,17,20)(H,18,22)/b5-4+/t10-,12-/m0/s1. The minimum atomic E-state index is -1.14. The summed E-state index contributed by atoms with van der Waals surface area (Å²) in [6, 6.07) is -2.06. The van der Waals surface area contributed by atoms with E-state index in [0.717, 1.165) is 7.11 Å². The maximum atomic E-state index is 12.4. The highest BCUT2D eigenvalue weighted by molar-refractivity contribution is 5.92. The molecule has 3 N–H and O–H groups in total. The van der Waals surface area contributed by atoms with Crippen molar-refractivity contribution in [2.75, 3.05) is 20.3 Å². The van der Waals surface area contributed by atoms with Crippen LogP contribution in [0.3, 0.4) is 0 Å². The lowest BCUT2D eigenvalue weighted by Gasteiger charge is -2.24. The van der Waals surface area contributed by atoms with E-state index in [-0.39, 0.29) is 25.5 Å². The van der Waals surface area contributed by atoms with Crippen LogP contribution in [0.4, 0.5) is 4.79 Å². The van der Waals surface area contributed by atoms with E-state index >= 15 is 0 Å². The first kappa shape index (κ1) is 19.5. The summed E-state index contributed by atoms with van der Waals surface area (Å²) in [6.07, 6.45) is 2.17. The number of amides is 3. The Labute approximate surface area is 140 Å². The van der Waals surface area contributed by atoms with Crippen LogP contribution in [0.5, 0.6) is 0 Å². The lowest BCUT2D eigenvalue weighted by atomic mass is 10.0. The normalized spacial score (nSPS) is 24.8. The minimum Gasteiger partial charge on any atom is -0.467 e. The smallest absolute Gasteiger partial charge is 0.408 e. The van der Waals surface area contributed by atoms with Gasteiger partial charge in [0, 0.05) is 6.54 Å².